The SMILES string of the molecule is CC(=O)O[C@H]1C2=C([C@@H]3OC(=O)/C(=C\O[C@H]4C=C(C)C(=O)O4)[C@H]13)C(C)(C)CCC2. The van der Waals surface area contributed by atoms with E-state index in [-0.39, 0.29) is 5.41 Å². The van der Waals surface area contributed by atoms with Crippen LogP contribution in [-0.4, -0.2) is 36.4 Å². The second-order valence-corrected chi connectivity index (χ2v) is 8.39. The van der Waals surface area contributed by atoms with Crippen molar-refractivity contribution in [1.82, 2.24) is 0 Å². The predicted octanol–water partition coefficient (Wildman–Crippen LogP) is 2.71. The highest BCUT2D eigenvalue weighted by molar-refractivity contribution is 5.93. The fourth-order valence-electron chi connectivity index (χ4n) is 4.78. The maximum atomic E-state index is 12.6. The van der Waals surface area contributed by atoms with Crippen LogP contribution in [0.3, 0.4) is 0 Å². The number of hydrogen-bond donors (Lipinski definition) is 0. The summed E-state index contributed by atoms with van der Waals surface area (Å²) in [7, 11) is 0. The Hall–Kier alpha value is -2.57. The maximum Gasteiger partial charge on any atom is 0.338 e. The fourth-order valence-corrected chi connectivity index (χ4v) is 4.78. The van der Waals surface area contributed by atoms with E-state index in [1.807, 2.05) is 0 Å². The van der Waals surface area contributed by atoms with Gasteiger partial charge in [0.1, 0.15) is 12.2 Å². The Bertz CT molecular complexity index is 845. The second-order valence-electron chi connectivity index (χ2n) is 8.39. The van der Waals surface area contributed by atoms with Crippen molar-refractivity contribution in [2.24, 2.45) is 11.3 Å². The molecule has 0 unspecified atom stereocenters. The molecule has 2 aliphatic carbocycles. The monoisotopic (exact) mass is 388 g/mol. The Morgan fingerprint density at radius 1 is 1.25 bits per heavy atom. The highest BCUT2D eigenvalue weighted by Crippen LogP contribution is 2.55. The first-order valence-electron chi connectivity index (χ1n) is 9.55. The minimum absolute atomic E-state index is 0.136. The maximum absolute atomic E-state index is 12.6. The van der Waals surface area contributed by atoms with E-state index in [0.29, 0.717) is 11.1 Å². The molecular weight excluding hydrogens is 364 g/mol. The van der Waals surface area contributed by atoms with Crippen molar-refractivity contribution < 1.29 is 33.3 Å². The molecule has 0 saturated carbocycles. The first-order valence-corrected chi connectivity index (χ1v) is 9.55. The van der Waals surface area contributed by atoms with Gasteiger partial charge in [-0.3, -0.25) is 4.79 Å². The number of hydrogen-bond acceptors (Lipinski definition) is 7. The number of cyclic esters (lactones) is 1. The molecule has 7 nitrogen and oxygen atoms in total. The third-order valence-corrected chi connectivity index (χ3v) is 5.99. The van der Waals surface area contributed by atoms with Gasteiger partial charge >= 0.3 is 17.9 Å². The van der Waals surface area contributed by atoms with E-state index in [0.717, 1.165) is 30.4 Å². The van der Waals surface area contributed by atoms with Gasteiger partial charge in [0.2, 0.25) is 0 Å². The molecule has 2 aliphatic heterocycles. The number of rotatable bonds is 3. The average Bonchev–Trinajstić information content (AvgIpc) is 3.18. The van der Waals surface area contributed by atoms with Gasteiger partial charge in [-0.05, 0) is 42.7 Å². The highest BCUT2D eigenvalue weighted by atomic mass is 16.7. The topological polar surface area (TPSA) is 88.1 Å². The van der Waals surface area contributed by atoms with Crippen LogP contribution in [0.1, 0.15) is 47.0 Å². The molecule has 4 rings (SSSR count). The number of fused-ring (bicyclic) bond motifs is 2. The zero-order valence-corrected chi connectivity index (χ0v) is 16.4. The molecule has 0 aromatic heterocycles. The van der Waals surface area contributed by atoms with Crippen molar-refractivity contribution in [2.45, 2.75) is 65.5 Å². The molecule has 1 saturated heterocycles. The largest absolute Gasteiger partial charge is 0.458 e. The fraction of sp³-hybridized carbons (Fsp3) is 0.571. The van der Waals surface area contributed by atoms with Gasteiger partial charge in [0, 0.05) is 18.6 Å². The zero-order chi connectivity index (χ0) is 20.2. The standard InChI is InChI=1S/C21H24O7/c1-10-8-14(27-19(10)23)25-9-13-15-17(26-11(2)22)12-6-5-7-21(3,4)16(12)18(15)28-20(13)24/h8-9,14-15,17-18H,5-7H2,1-4H3/b13-9-/t14-,15-,17+,18-/m1/s1. The molecule has 0 aromatic carbocycles. The minimum atomic E-state index is -0.876. The van der Waals surface area contributed by atoms with Crippen LogP contribution in [0.2, 0.25) is 0 Å². The number of ether oxygens (including phenoxy) is 4. The predicted molar refractivity (Wildman–Crippen MR) is 96.4 cm³/mol. The van der Waals surface area contributed by atoms with E-state index < -0.39 is 42.3 Å². The summed E-state index contributed by atoms with van der Waals surface area (Å²) >= 11 is 0. The van der Waals surface area contributed by atoms with Gasteiger partial charge in [-0.1, -0.05) is 13.8 Å². The Morgan fingerprint density at radius 2 is 2.00 bits per heavy atom. The van der Waals surface area contributed by atoms with Crippen molar-refractivity contribution in [1.29, 1.82) is 0 Å². The average molecular weight is 388 g/mol. The summed E-state index contributed by atoms with van der Waals surface area (Å²) in [6.45, 7) is 7.26. The van der Waals surface area contributed by atoms with Crippen LogP contribution in [0.4, 0.5) is 0 Å². The highest BCUT2D eigenvalue weighted by Gasteiger charge is 2.58. The van der Waals surface area contributed by atoms with Crippen LogP contribution in [0.5, 0.6) is 0 Å². The molecular formula is C21H24O7. The van der Waals surface area contributed by atoms with Crippen LogP contribution in [0.25, 0.3) is 0 Å². The lowest BCUT2D eigenvalue weighted by atomic mass is 9.72. The normalized spacial score (nSPS) is 34.6. The van der Waals surface area contributed by atoms with Gasteiger partial charge in [-0.2, -0.15) is 0 Å². The summed E-state index contributed by atoms with van der Waals surface area (Å²) in [5.74, 6) is -1.79. The van der Waals surface area contributed by atoms with Crippen molar-refractivity contribution in [3.63, 3.8) is 0 Å². The summed E-state index contributed by atoms with van der Waals surface area (Å²) in [5, 5.41) is 0. The Morgan fingerprint density at radius 3 is 2.64 bits per heavy atom. The summed E-state index contributed by atoms with van der Waals surface area (Å²) in [6, 6.07) is 0. The van der Waals surface area contributed by atoms with Crippen molar-refractivity contribution in [3.8, 4) is 0 Å². The minimum Gasteiger partial charge on any atom is -0.458 e. The van der Waals surface area contributed by atoms with Crippen LogP contribution in [0.15, 0.2) is 34.6 Å². The molecule has 0 spiro atoms. The van der Waals surface area contributed by atoms with Crippen LogP contribution < -0.4 is 0 Å². The van der Waals surface area contributed by atoms with Crippen molar-refractivity contribution >= 4 is 17.9 Å². The molecule has 0 bridgehead atoms. The van der Waals surface area contributed by atoms with E-state index in [2.05, 4.69) is 13.8 Å². The molecule has 0 aromatic rings. The Balaban J connectivity index is 1.67. The molecule has 4 aliphatic rings. The van der Waals surface area contributed by atoms with Crippen LogP contribution in [-0.2, 0) is 33.3 Å². The van der Waals surface area contributed by atoms with Crippen LogP contribution in [0, 0.1) is 11.3 Å². The Kier molecular flexibility index (Phi) is 4.36. The molecule has 7 heteroatoms. The molecule has 0 N–H and O–H groups in total. The third-order valence-electron chi connectivity index (χ3n) is 5.99. The first kappa shape index (κ1) is 18.8. The lowest BCUT2D eigenvalue weighted by Gasteiger charge is -2.34. The van der Waals surface area contributed by atoms with Gasteiger partial charge in [-0.15, -0.1) is 0 Å². The number of esters is 3. The van der Waals surface area contributed by atoms with Gasteiger partial charge < -0.3 is 18.9 Å². The molecule has 1 fully saturated rings. The van der Waals surface area contributed by atoms with Gasteiger partial charge in [0.15, 0.2) is 0 Å². The summed E-state index contributed by atoms with van der Waals surface area (Å²) < 4.78 is 21.9. The summed E-state index contributed by atoms with van der Waals surface area (Å²) in [4.78, 5) is 35.8. The van der Waals surface area contributed by atoms with Gasteiger partial charge in [0.05, 0.1) is 17.8 Å². The van der Waals surface area contributed by atoms with Crippen molar-refractivity contribution in [2.75, 3.05) is 0 Å². The summed E-state index contributed by atoms with van der Waals surface area (Å²) in [5.41, 5.74) is 2.74. The third kappa shape index (κ3) is 2.93. The van der Waals surface area contributed by atoms with E-state index in [9.17, 15) is 14.4 Å². The quantitative estimate of drug-likeness (QED) is 0.241. The molecule has 150 valence electrons. The molecule has 4 atom stereocenters. The lowest BCUT2D eigenvalue weighted by molar-refractivity contribution is -0.152. The molecule has 0 radical (unpaired) electrons. The summed E-state index contributed by atoms with van der Waals surface area (Å²) in [6.07, 6.45) is 3.76. The zero-order valence-electron chi connectivity index (χ0n) is 16.4. The van der Waals surface area contributed by atoms with Gasteiger partial charge in [0.25, 0.3) is 6.29 Å². The van der Waals surface area contributed by atoms with E-state index in [1.54, 1.807) is 13.0 Å². The smallest absolute Gasteiger partial charge is 0.338 e. The van der Waals surface area contributed by atoms with E-state index in [1.165, 1.54) is 13.2 Å². The van der Waals surface area contributed by atoms with Gasteiger partial charge in [-0.25, -0.2) is 9.59 Å². The van der Waals surface area contributed by atoms with Crippen LogP contribution >= 0.6 is 0 Å². The molecule has 0 amide bonds. The molecule has 28 heavy (non-hydrogen) atoms. The number of carbonyl (C=O) groups is 3. The van der Waals surface area contributed by atoms with Crippen molar-refractivity contribution in [3.05, 3.63) is 34.6 Å². The van der Waals surface area contributed by atoms with E-state index >= 15 is 0 Å². The Labute approximate surface area is 163 Å². The second kappa shape index (κ2) is 6.50. The lowest BCUT2D eigenvalue weighted by Crippen LogP contribution is -2.29. The van der Waals surface area contributed by atoms with E-state index in [4.69, 9.17) is 18.9 Å². The first-order chi connectivity index (χ1) is 13.2. The molecule has 2 heterocycles. The number of carbonyl (C=O) groups excluding carboxylic acids is 3.